The van der Waals surface area contributed by atoms with Gasteiger partial charge in [-0.1, -0.05) is 29.3 Å². The number of hydrogen-bond acceptors (Lipinski definition) is 2. The first kappa shape index (κ1) is 15.4. The molecular weight excluding hydrogens is 326 g/mol. The summed E-state index contributed by atoms with van der Waals surface area (Å²) in [6.07, 6.45) is 4.27. The van der Waals surface area contributed by atoms with Crippen LogP contribution in [-0.2, 0) is 0 Å². The molecule has 1 aromatic carbocycles. The first-order chi connectivity index (χ1) is 10.1. The van der Waals surface area contributed by atoms with Gasteiger partial charge in [0.25, 0.3) is 0 Å². The lowest BCUT2D eigenvalue weighted by atomic mass is 9.91. The molecule has 1 aromatic rings. The van der Waals surface area contributed by atoms with Crippen molar-refractivity contribution in [1.82, 2.24) is 5.32 Å². The van der Waals surface area contributed by atoms with Crippen molar-refractivity contribution >= 4 is 15.9 Å². The number of hydrogen-bond donors (Lipinski definition) is 1. The average Bonchev–Trinajstić information content (AvgIpc) is 2.91. The second-order valence-electron chi connectivity index (χ2n) is 6.62. The molecule has 2 fully saturated rings. The fourth-order valence-corrected chi connectivity index (χ4v) is 5.10. The van der Waals surface area contributed by atoms with Crippen LogP contribution in [0.1, 0.15) is 48.9 Å². The van der Waals surface area contributed by atoms with Crippen molar-refractivity contribution in [1.29, 1.82) is 0 Å². The van der Waals surface area contributed by atoms with Gasteiger partial charge >= 0.3 is 0 Å². The molecule has 1 N–H and O–H groups in total. The van der Waals surface area contributed by atoms with Crippen LogP contribution in [0.15, 0.2) is 10.5 Å². The minimum absolute atomic E-state index is 0.441. The first-order valence-corrected chi connectivity index (χ1v) is 8.96. The number of ether oxygens (including phenoxy) is 1. The molecule has 0 bridgehead atoms. The van der Waals surface area contributed by atoms with E-state index in [-0.39, 0.29) is 0 Å². The minimum atomic E-state index is 0.441. The van der Waals surface area contributed by atoms with Crippen LogP contribution in [-0.4, -0.2) is 13.7 Å². The summed E-state index contributed by atoms with van der Waals surface area (Å²) in [5, 5.41) is 3.76. The van der Waals surface area contributed by atoms with Crippen molar-refractivity contribution in [2.75, 3.05) is 13.7 Å². The van der Waals surface area contributed by atoms with Gasteiger partial charge < -0.3 is 10.1 Å². The number of rotatable bonds is 5. The quantitative estimate of drug-likeness (QED) is 0.824. The Balaban J connectivity index is 2.03. The van der Waals surface area contributed by atoms with Crippen LogP contribution in [0.25, 0.3) is 0 Å². The van der Waals surface area contributed by atoms with Crippen molar-refractivity contribution in [3.05, 3.63) is 27.2 Å². The minimum Gasteiger partial charge on any atom is -0.496 e. The lowest BCUT2D eigenvalue weighted by Crippen LogP contribution is -2.26. The average molecular weight is 352 g/mol. The Labute approximate surface area is 136 Å². The van der Waals surface area contributed by atoms with Crippen LogP contribution in [0.5, 0.6) is 5.75 Å². The molecule has 116 valence electrons. The zero-order valence-electron chi connectivity index (χ0n) is 13.5. The third-order valence-corrected chi connectivity index (χ3v) is 6.33. The van der Waals surface area contributed by atoms with Gasteiger partial charge in [0.15, 0.2) is 0 Å². The molecule has 3 rings (SSSR count). The lowest BCUT2D eigenvalue weighted by Gasteiger charge is -2.26. The molecule has 0 radical (unpaired) electrons. The normalized spacial score (nSPS) is 28.3. The molecule has 21 heavy (non-hydrogen) atoms. The highest BCUT2D eigenvalue weighted by Gasteiger charge is 2.56. The maximum Gasteiger partial charge on any atom is 0.126 e. The SMILES string of the molecule is CCNC(c1c(C)c(Br)cc(C)c1OC)C1C2CCCC21. The van der Waals surface area contributed by atoms with Gasteiger partial charge in [-0.05, 0) is 68.2 Å². The molecule has 0 aliphatic heterocycles. The van der Waals surface area contributed by atoms with Crippen molar-refractivity contribution in [2.45, 2.75) is 46.1 Å². The van der Waals surface area contributed by atoms with Crippen LogP contribution < -0.4 is 10.1 Å². The molecule has 0 spiro atoms. The van der Waals surface area contributed by atoms with Gasteiger partial charge in [0.05, 0.1) is 7.11 Å². The van der Waals surface area contributed by atoms with Gasteiger partial charge in [-0.15, -0.1) is 0 Å². The number of aryl methyl sites for hydroxylation is 1. The molecule has 2 aliphatic carbocycles. The zero-order chi connectivity index (χ0) is 15.1. The van der Waals surface area contributed by atoms with E-state index in [9.17, 15) is 0 Å². The molecule has 3 heteroatoms. The van der Waals surface area contributed by atoms with Crippen LogP contribution in [0.4, 0.5) is 0 Å². The third-order valence-electron chi connectivity index (χ3n) is 5.51. The van der Waals surface area contributed by atoms with Crippen LogP contribution in [0, 0.1) is 31.6 Å². The van der Waals surface area contributed by atoms with Crippen molar-refractivity contribution in [3.8, 4) is 5.75 Å². The number of halogens is 1. The summed E-state index contributed by atoms with van der Waals surface area (Å²) in [5.74, 6) is 3.77. The lowest BCUT2D eigenvalue weighted by molar-refractivity contribution is 0.374. The Morgan fingerprint density at radius 2 is 2.00 bits per heavy atom. The summed E-state index contributed by atoms with van der Waals surface area (Å²) in [4.78, 5) is 0. The highest BCUT2D eigenvalue weighted by molar-refractivity contribution is 9.10. The van der Waals surface area contributed by atoms with E-state index in [0.717, 1.165) is 30.0 Å². The van der Waals surface area contributed by atoms with Gasteiger partial charge in [-0.25, -0.2) is 0 Å². The smallest absolute Gasteiger partial charge is 0.126 e. The highest BCUT2D eigenvalue weighted by Crippen LogP contribution is 2.63. The molecule has 2 saturated carbocycles. The number of benzene rings is 1. The predicted octanol–water partition coefficient (Wildman–Crippen LogP) is 4.77. The van der Waals surface area contributed by atoms with E-state index in [1.165, 1.54) is 40.4 Å². The van der Waals surface area contributed by atoms with Gasteiger partial charge in [-0.3, -0.25) is 0 Å². The third kappa shape index (κ3) is 2.53. The van der Waals surface area contributed by atoms with E-state index in [0.29, 0.717) is 6.04 Å². The van der Waals surface area contributed by atoms with E-state index >= 15 is 0 Å². The summed E-state index contributed by atoms with van der Waals surface area (Å²) in [6, 6.07) is 2.62. The summed E-state index contributed by atoms with van der Waals surface area (Å²) < 4.78 is 6.98. The van der Waals surface area contributed by atoms with Crippen molar-refractivity contribution in [2.24, 2.45) is 17.8 Å². The molecule has 3 unspecified atom stereocenters. The zero-order valence-corrected chi connectivity index (χ0v) is 15.1. The molecule has 0 amide bonds. The first-order valence-electron chi connectivity index (χ1n) is 8.17. The van der Waals surface area contributed by atoms with E-state index in [1.54, 1.807) is 7.11 Å². The highest BCUT2D eigenvalue weighted by atomic mass is 79.9. The van der Waals surface area contributed by atoms with Gasteiger partial charge in [0.2, 0.25) is 0 Å². The van der Waals surface area contributed by atoms with Crippen LogP contribution in [0.2, 0.25) is 0 Å². The maximum atomic E-state index is 5.78. The molecule has 0 heterocycles. The standard InChI is InChI=1S/C18H26BrNO/c1-5-20-17(16-12-7-6-8-13(12)16)15-11(3)14(19)9-10(2)18(15)21-4/h9,12-13,16-17,20H,5-8H2,1-4H3. The topological polar surface area (TPSA) is 21.3 Å². The van der Waals surface area contributed by atoms with Crippen molar-refractivity contribution in [3.63, 3.8) is 0 Å². The Hall–Kier alpha value is -0.540. The Bertz CT molecular complexity index is 533. The molecule has 0 saturated heterocycles. The maximum absolute atomic E-state index is 5.78. The second kappa shape index (κ2) is 5.92. The summed E-state index contributed by atoms with van der Waals surface area (Å²) in [6.45, 7) is 7.57. The molecule has 2 nitrogen and oxygen atoms in total. The monoisotopic (exact) mass is 351 g/mol. The summed E-state index contributed by atoms with van der Waals surface area (Å²) >= 11 is 3.73. The predicted molar refractivity (Wildman–Crippen MR) is 90.9 cm³/mol. The summed E-state index contributed by atoms with van der Waals surface area (Å²) in [5.41, 5.74) is 3.93. The fourth-order valence-electron chi connectivity index (χ4n) is 4.54. The molecule has 3 atom stereocenters. The van der Waals surface area contributed by atoms with E-state index in [4.69, 9.17) is 4.74 Å². The Morgan fingerprint density at radius 3 is 2.57 bits per heavy atom. The van der Waals surface area contributed by atoms with Gasteiger partial charge in [-0.2, -0.15) is 0 Å². The summed E-state index contributed by atoms with van der Waals surface area (Å²) in [7, 11) is 1.80. The second-order valence-corrected chi connectivity index (χ2v) is 7.47. The molecule has 0 aromatic heterocycles. The largest absolute Gasteiger partial charge is 0.496 e. The number of nitrogens with one attached hydrogen (secondary N) is 1. The molecule has 2 aliphatic rings. The van der Waals surface area contributed by atoms with Gasteiger partial charge in [0, 0.05) is 16.1 Å². The Kier molecular flexibility index (Phi) is 4.33. The van der Waals surface area contributed by atoms with Crippen LogP contribution in [0.3, 0.4) is 0 Å². The van der Waals surface area contributed by atoms with Crippen molar-refractivity contribution < 1.29 is 4.74 Å². The molecular formula is C18H26BrNO. The van der Waals surface area contributed by atoms with E-state index < -0.39 is 0 Å². The van der Waals surface area contributed by atoms with E-state index in [2.05, 4.69) is 48.1 Å². The number of methoxy groups -OCH3 is 1. The fraction of sp³-hybridized carbons (Fsp3) is 0.667. The van der Waals surface area contributed by atoms with E-state index in [1.807, 2.05) is 0 Å². The Morgan fingerprint density at radius 1 is 1.33 bits per heavy atom. The van der Waals surface area contributed by atoms with Crippen LogP contribution >= 0.6 is 15.9 Å². The number of fused-ring (bicyclic) bond motifs is 1. The van der Waals surface area contributed by atoms with Gasteiger partial charge in [0.1, 0.15) is 5.75 Å².